The van der Waals surface area contributed by atoms with Crippen molar-refractivity contribution in [2.75, 3.05) is 29.9 Å². The van der Waals surface area contributed by atoms with Crippen molar-refractivity contribution in [1.29, 1.82) is 0 Å². The maximum atomic E-state index is 10.1. The Morgan fingerprint density at radius 2 is 2.11 bits per heavy atom. The summed E-state index contributed by atoms with van der Waals surface area (Å²) in [5, 5.41) is 13.4. The van der Waals surface area contributed by atoms with E-state index in [1.165, 1.54) is 0 Å². The summed E-state index contributed by atoms with van der Waals surface area (Å²) in [6.45, 7) is 10.4. The molecular weight excluding hydrogens is 240 g/mol. The molecule has 1 aromatic heterocycles. The molecular formula is C14H24N4O. The van der Waals surface area contributed by atoms with E-state index in [0.29, 0.717) is 6.54 Å². The highest BCUT2D eigenvalue weighted by Crippen LogP contribution is 2.29. The standard InChI is InChI=1S/C14H24N4O/c1-5-7-15-12-10(2)13(17-11(3)16-12)18-8-6-14(4,19)9-18/h19H,5-9H2,1-4H3,(H,15,16,17). The SMILES string of the molecule is CCCNc1nc(C)nc(N2CCC(C)(O)C2)c1C. The summed E-state index contributed by atoms with van der Waals surface area (Å²) in [4.78, 5) is 11.2. The lowest BCUT2D eigenvalue weighted by Gasteiger charge is -2.23. The summed E-state index contributed by atoms with van der Waals surface area (Å²) < 4.78 is 0. The van der Waals surface area contributed by atoms with Gasteiger partial charge in [-0.3, -0.25) is 0 Å². The predicted octanol–water partition coefficient (Wildman–Crippen LogP) is 1.88. The van der Waals surface area contributed by atoms with Gasteiger partial charge in [-0.15, -0.1) is 0 Å². The quantitative estimate of drug-likeness (QED) is 0.869. The molecule has 0 spiro atoms. The Bertz CT molecular complexity index is 459. The van der Waals surface area contributed by atoms with Crippen LogP contribution in [0.1, 0.15) is 38.1 Å². The zero-order chi connectivity index (χ0) is 14.0. The van der Waals surface area contributed by atoms with Crippen molar-refractivity contribution in [2.45, 2.75) is 46.1 Å². The Kier molecular flexibility index (Phi) is 3.94. The van der Waals surface area contributed by atoms with E-state index in [-0.39, 0.29) is 0 Å². The van der Waals surface area contributed by atoms with E-state index in [1.54, 1.807) is 0 Å². The number of hydrogen-bond acceptors (Lipinski definition) is 5. The molecule has 106 valence electrons. The summed E-state index contributed by atoms with van der Waals surface area (Å²) >= 11 is 0. The van der Waals surface area contributed by atoms with Gasteiger partial charge in [0.1, 0.15) is 17.5 Å². The molecule has 0 bridgehead atoms. The van der Waals surface area contributed by atoms with Gasteiger partial charge in [-0.25, -0.2) is 9.97 Å². The van der Waals surface area contributed by atoms with Crippen LogP contribution in [0.2, 0.25) is 0 Å². The number of β-amino-alcohol motifs (C(OH)–C–C–N with tert-alkyl or cyclic N) is 1. The van der Waals surface area contributed by atoms with Gasteiger partial charge in [0.25, 0.3) is 0 Å². The van der Waals surface area contributed by atoms with Crippen LogP contribution in [0.4, 0.5) is 11.6 Å². The van der Waals surface area contributed by atoms with Crippen LogP contribution in [0.25, 0.3) is 0 Å². The van der Waals surface area contributed by atoms with Crippen molar-refractivity contribution >= 4 is 11.6 Å². The number of aromatic nitrogens is 2. The smallest absolute Gasteiger partial charge is 0.137 e. The van der Waals surface area contributed by atoms with Crippen LogP contribution in [0.3, 0.4) is 0 Å². The van der Waals surface area contributed by atoms with Crippen LogP contribution in [0.5, 0.6) is 0 Å². The molecule has 1 aliphatic heterocycles. The van der Waals surface area contributed by atoms with Gasteiger partial charge in [0, 0.05) is 25.2 Å². The number of hydrogen-bond donors (Lipinski definition) is 2. The van der Waals surface area contributed by atoms with E-state index in [2.05, 4.69) is 27.1 Å². The molecule has 1 saturated heterocycles. The highest BCUT2D eigenvalue weighted by atomic mass is 16.3. The number of anilines is 2. The molecule has 0 aliphatic carbocycles. The van der Waals surface area contributed by atoms with E-state index in [9.17, 15) is 5.11 Å². The van der Waals surface area contributed by atoms with E-state index in [1.807, 2.05) is 20.8 Å². The van der Waals surface area contributed by atoms with Gasteiger partial charge in [0.2, 0.25) is 0 Å². The van der Waals surface area contributed by atoms with E-state index in [0.717, 1.165) is 49.0 Å². The molecule has 2 heterocycles. The maximum Gasteiger partial charge on any atom is 0.137 e. The van der Waals surface area contributed by atoms with Crippen molar-refractivity contribution in [3.63, 3.8) is 0 Å². The first-order chi connectivity index (χ1) is 8.93. The minimum atomic E-state index is -0.609. The third-order valence-corrected chi connectivity index (χ3v) is 3.53. The Morgan fingerprint density at radius 3 is 2.68 bits per heavy atom. The normalized spacial score (nSPS) is 22.9. The Hall–Kier alpha value is -1.36. The molecule has 0 aromatic carbocycles. The second-order valence-corrected chi connectivity index (χ2v) is 5.66. The van der Waals surface area contributed by atoms with Gasteiger partial charge in [-0.2, -0.15) is 0 Å². The van der Waals surface area contributed by atoms with Gasteiger partial charge in [0.15, 0.2) is 0 Å². The van der Waals surface area contributed by atoms with Gasteiger partial charge in [-0.05, 0) is 33.6 Å². The fourth-order valence-electron chi connectivity index (χ4n) is 2.46. The molecule has 1 aromatic rings. The molecule has 1 atom stereocenters. The van der Waals surface area contributed by atoms with E-state index < -0.39 is 5.60 Å². The summed E-state index contributed by atoms with van der Waals surface area (Å²) in [5.74, 6) is 2.63. The summed E-state index contributed by atoms with van der Waals surface area (Å²) in [5.41, 5.74) is 0.458. The van der Waals surface area contributed by atoms with Crippen molar-refractivity contribution < 1.29 is 5.11 Å². The summed E-state index contributed by atoms with van der Waals surface area (Å²) in [6.07, 6.45) is 1.85. The van der Waals surface area contributed by atoms with Crippen molar-refractivity contribution in [3.05, 3.63) is 11.4 Å². The Morgan fingerprint density at radius 1 is 1.37 bits per heavy atom. The number of aliphatic hydroxyl groups is 1. The number of rotatable bonds is 4. The van der Waals surface area contributed by atoms with Crippen LogP contribution < -0.4 is 10.2 Å². The van der Waals surface area contributed by atoms with Crippen LogP contribution in [0.15, 0.2) is 0 Å². The molecule has 0 radical (unpaired) electrons. The molecule has 2 N–H and O–H groups in total. The lowest BCUT2D eigenvalue weighted by Crippen LogP contribution is -2.30. The van der Waals surface area contributed by atoms with E-state index >= 15 is 0 Å². The van der Waals surface area contributed by atoms with Crippen LogP contribution in [-0.2, 0) is 0 Å². The Balaban J connectivity index is 2.27. The molecule has 5 nitrogen and oxygen atoms in total. The minimum Gasteiger partial charge on any atom is -0.388 e. The molecule has 1 aliphatic rings. The molecule has 19 heavy (non-hydrogen) atoms. The first-order valence-electron chi connectivity index (χ1n) is 6.99. The molecule has 2 rings (SSSR count). The first-order valence-corrected chi connectivity index (χ1v) is 6.99. The lowest BCUT2D eigenvalue weighted by atomic mass is 10.1. The van der Waals surface area contributed by atoms with Crippen LogP contribution >= 0.6 is 0 Å². The number of aryl methyl sites for hydroxylation is 1. The fourth-order valence-corrected chi connectivity index (χ4v) is 2.46. The second kappa shape index (κ2) is 5.33. The van der Waals surface area contributed by atoms with Crippen molar-refractivity contribution in [3.8, 4) is 0 Å². The molecule has 5 heteroatoms. The summed E-state index contributed by atoms with van der Waals surface area (Å²) in [7, 11) is 0. The van der Waals surface area contributed by atoms with Crippen LogP contribution in [0, 0.1) is 13.8 Å². The monoisotopic (exact) mass is 264 g/mol. The predicted molar refractivity (Wildman–Crippen MR) is 77.7 cm³/mol. The van der Waals surface area contributed by atoms with Crippen molar-refractivity contribution in [1.82, 2.24) is 9.97 Å². The van der Waals surface area contributed by atoms with Gasteiger partial charge >= 0.3 is 0 Å². The molecule has 0 saturated carbocycles. The summed E-state index contributed by atoms with van der Waals surface area (Å²) in [6, 6.07) is 0. The van der Waals surface area contributed by atoms with Crippen LogP contribution in [-0.4, -0.2) is 40.3 Å². The number of nitrogens with zero attached hydrogens (tertiary/aromatic N) is 3. The topological polar surface area (TPSA) is 61.3 Å². The largest absolute Gasteiger partial charge is 0.388 e. The highest BCUT2D eigenvalue weighted by molar-refractivity contribution is 5.59. The molecule has 0 amide bonds. The van der Waals surface area contributed by atoms with Gasteiger partial charge in [0.05, 0.1) is 5.60 Å². The lowest BCUT2D eigenvalue weighted by molar-refractivity contribution is 0.0839. The Labute approximate surface area is 115 Å². The van der Waals surface area contributed by atoms with Crippen molar-refractivity contribution in [2.24, 2.45) is 0 Å². The molecule has 1 fully saturated rings. The maximum absolute atomic E-state index is 10.1. The zero-order valence-corrected chi connectivity index (χ0v) is 12.3. The number of nitrogens with one attached hydrogen (secondary N) is 1. The third kappa shape index (κ3) is 3.15. The first kappa shape index (κ1) is 14.1. The average Bonchev–Trinajstić information content (AvgIpc) is 2.70. The van der Waals surface area contributed by atoms with E-state index in [4.69, 9.17) is 0 Å². The fraction of sp³-hybridized carbons (Fsp3) is 0.714. The van der Waals surface area contributed by atoms with Gasteiger partial charge in [-0.1, -0.05) is 6.92 Å². The van der Waals surface area contributed by atoms with Gasteiger partial charge < -0.3 is 15.3 Å². The highest BCUT2D eigenvalue weighted by Gasteiger charge is 2.33. The average molecular weight is 264 g/mol. The molecule has 1 unspecified atom stereocenters. The zero-order valence-electron chi connectivity index (χ0n) is 12.3. The second-order valence-electron chi connectivity index (χ2n) is 5.66. The third-order valence-electron chi connectivity index (χ3n) is 3.53. The minimum absolute atomic E-state index is 0.609.